The van der Waals surface area contributed by atoms with Gasteiger partial charge in [-0.25, -0.2) is 0 Å². The van der Waals surface area contributed by atoms with Crippen molar-refractivity contribution in [3.05, 3.63) is 117 Å². The number of piperazine rings is 2. The molecule has 0 spiro atoms. The molecule has 14 heteroatoms. The molecule has 1 atom stereocenters. The molecule has 0 saturated carbocycles. The third-order valence-electron chi connectivity index (χ3n) is 9.33. The van der Waals surface area contributed by atoms with Gasteiger partial charge in [0, 0.05) is 119 Å². The zero-order chi connectivity index (χ0) is 37.0. The van der Waals surface area contributed by atoms with Crippen LogP contribution in [0.1, 0.15) is 25.8 Å². The predicted octanol–water partition coefficient (Wildman–Crippen LogP) is 4.25. The van der Waals surface area contributed by atoms with E-state index in [0.717, 1.165) is 98.9 Å². The minimum atomic E-state index is 0.337. The number of nitrogens with one attached hydrogen (secondary N) is 7. The van der Waals surface area contributed by atoms with Crippen molar-refractivity contribution in [3.8, 4) is 0 Å². The summed E-state index contributed by atoms with van der Waals surface area (Å²) >= 11 is 12.8. The fraction of sp³-hybridized carbons (Fsp3) is 0.385. The van der Waals surface area contributed by atoms with Gasteiger partial charge in [0.1, 0.15) is 0 Å². The van der Waals surface area contributed by atoms with Gasteiger partial charge < -0.3 is 41.7 Å². The van der Waals surface area contributed by atoms with Crippen LogP contribution in [0.4, 0.5) is 0 Å². The number of nitrogens with zero attached hydrogens (tertiary/aromatic N) is 5. The van der Waals surface area contributed by atoms with E-state index in [1.54, 1.807) is 24.7 Å². The molecule has 0 amide bonds. The van der Waals surface area contributed by atoms with Crippen LogP contribution in [0.25, 0.3) is 11.0 Å². The van der Waals surface area contributed by atoms with Crippen LogP contribution < -0.4 is 31.9 Å². The van der Waals surface area contributed by atoms with E-state index >= 15 is 0 Å². The molecule has 2 fully saturated rings. The number of allylic oxidation sites excluding steroid dienone is 3. The summed E-state index contributed by atoms with van der Waals surface area (Å²) in [5, 5.41) is 29.9. The highest BCUT2D eigenvalue weighted by molar-refractivity contribution is 6.53. The number of hydrogen-bond donors (Lipinski definition) is 7. The lowest BCUT2D eigenvalue weighted by Crippen LogP contribution is -2.50. The number of benzene rings is 1. The fourth-order valence-electron chi connectivity index (χ4n) is 6.57. The van der Waals surface area contributed by atoms with Crippen molar-refractivity contribution in [1.29, 1.82) is 5.41 Å². The van der Waals surface area contributed by atoms with Gasteiger partial charge in [0.05, 0.1) is 45.2 Å². The summed E-state index contributed by atoms with van der Waals surface area (Å²) in [4.78, 5) is 17.9. The van der Waals surface area contributed by atoms with Crippen molar-refractivity contribution < 1.29 is 0 Å². The summed E-state index contributed by atoms with van der Waals surface area (Å²) in [6.07, 6.45) is 20.1. The van der Waals surface area contributed by atoms with Gasteiger partial charge in [-0.3, -0.25) is 20.4 Å². The standard InChI is InChI=1S/C21H29ClN6.C18H21ClN6/c1-3-4-6-26-19-10-16(17(22)11-18(19)23)12-27-20-13-24-7-5-21(20)28-9-8-25-15(2)14-28;19-14-10-16-15(22-3-4-23-16)9-13(14)11-24-17-12-21-2-1-18(17)25-7-5-20-6-8-25/h4-6,10-11,13,15,23-25,27H,3,7-9,12,14H2,1-2H3;1,3-4,9-10,12,20-21,24H,2,5-8,11H2/b6-4-,23-18?,26-19?;. The Labute approximate surface area is 322 Å². The Hall–Kier alpha value is -4.62. The Kier molecular flexibility index (Phi) is 13.6. The molecule has 4 aliphatic heterocycles. The molecule has 7 rings (SSSR count). The van der Waals surface area contributed by atoms with Crippen molar-refractivity contribution in [2.75, 3.05) is 65.4 Å². The van der Waals surface area contributed by atoms with Crippen LogP contribution in [0.3, 0.4) is 0 Å². The number of aliphatic imine (C=N–C) groups is 1. The van der Waals surface area contributed by atoms with Crippen molar-refractivity contribution >= 4 is 45.7 Å². The highest BCUT2D eigenvalue weighted by Gasteiger charge is 2.23. The third-order valence-corrected chi connectivity index (χ3v) is 10.0. The van der Waals surface area contributed by atoms with E-state index in [1.165, 1.54) is 11.4 Å². The van der Waals surface area contributed by atoms with Crippen molar-refractivity contribution in [2.45, 2.75) is 32.9 Å². The number of halogens is 2. The molecule has 5 aliphatic rings. The molecule has 2 saturated heterocycles. The molecule has 53 heavy (non-hydrogen) atoms. The number of fused-ring (bicyclic) bond motifs is 1. The van der Waals surface area contributed by atoms with E-state index in [2.05, 4.69) is 82.7 Å². The predicted molar refractivity (Wildman–Crippen MR) is 218 cm³/mol. The molecule has 1 aliphatic carbocycles. The quantitative estimate of drug-likeness (QED) is 0.176. The molecular formula is C39H50Cl2N12. The molecule has 2 aromatic rings. The van der Waals surface area contributed by atoms with Crippen molar-refractivity contribution in [2.24, 2.45) is 4.99 Å². The first-order valence-electron chi connectivity index (χ1n) is 18.4. The van der Waals surface area contributed by atoms with Gasteiger partial charge in [-0.1, -0.05) is 36.2 Å². The lowest BCUT2D eigenvalue weighted by molar-refractivity contribution is 0.256. The summed E-state index contributed by atoms with van der Waals surface area (Å²) in [5.41, 5.74) is 9.25. The van der Waals surface area contributed by atoms with Gasteiger partial charge >= 0.3 is 0 Å². The fourth-order valence-corrected chi connectivity index (χ4v) is 7.03. The molecule has 0 bridgehead atoms. The molecule has 1 unspecified atom stereocenters. The summed E-state index contributed by atoms with van der Waals surface area (Å²) in [6, 6.07) is 4.36. The van der Waals surface area contributed by atoms with Crippen LogP contribution in [-0.4, -0.2) is 103 Å². The maximum atomic E-state index is 8.08. The Bertz CT molecular complexity index is 1880. The number of hydrogen-bond acceptors (Lipinski definition) is 12. The second-order valence-corrected chi connectivity index (χ2v) is 14.0. The second kappa shape index (κ2) is 18.9. The lowest BCUT2D eigenvalue weighted by atomic mass is 10.0. The summed E-state index contributed by atoms with van der Waals surface area (Å²) < 4.78 is 0. The SMILES string of the molecule is CC/C=C\N=C1C=C(CNC2=CNCC=C2N2CCNC(C)C2)C(Cl)=CC1=N.Clc1cc2nccnc2cc1CNC1=CNCC=C1N1CCNCC1. The van der Waals surface area contributed by atoms with Gasteiger partial charge in [0.15, 0.2) is 0 Å². The van der Waals surface area contributed by atoms with Gasteiger partial charge in [0.2, 0.25) is 0 Å². The van der Waals surface area contributed by atoms with Crippen LogP contribution in [0.2, 0.25) is 5.02 Å². The molecule has 280 valence electrons. The largest absolute Gasteiger partial charge is 0.386 e. The van der Waals surface area contributed by atoms with E-state index < -0.39 is 0 Å². The molecule has 7 N–H and O–H groups in total. The lowest BCUT2D eigenvalue weighted by Gasteiger charge is -2.37. The Morgan fingerprint density at radius 3 is 2.26 bits per heavy atom. The van der Waals surface area contributed by atoms with Gasteiger partial charge in [0.25, 0.3) is 0 Å². The molecule has 12 nitrogen and oxygen atoms in total. The minimum Gasteiger partial charge on any atom is -0.386 e. The van der Waals surface area contributed by atoms with Crippen LogP contribution in [0.5, 0.6) is 0 Å². The zero-order valence-corrected chi connectivity index (χ0v) is 32.0. The zero-order valence-electron chi connectivity index (χ0n) is 30.5. The number of aromatic nitrogens is 2. The summed E-state index contributed by atoms with van der Waals surface area (Å²) in [7, 11) is 0. The summed E-state index contributed by atoms with van der Waals surface area (Å²) in [5.74, 6) is 0. The minimum absolute atomic E-state index is 0.337. The highest BCUT2D eigenvalue weighted by atomic mass is 35.5. The van der Waals surface area contributed by atoms with Crippen LogP contribution >= 0.6 is 23.2 Å². The Balaban J connectivity index is 0.000000182. The van der Waals surface area contributed by atoms with E-state index in [9.17, 15) is 0 Å². The van der Waals surface area contributed by atoms with E-state index in [1.807, 2.05) is 36.7 Å². The topological polar surface area (TPSA) is 141 Å². The van der Waals surface area contributed by atoms with E-state index in [4.69, 9.17) is 28.6 Å². The molecule has 5 heterocycles. The van der Waals surface area contributed by atoms with Crippen molar-refractivity contribution in [1.82, 2.24) is 51.7 Å². The second-order valence-electron chi connectivity index (χ2n) is 13.2. The maximum Gasteiger partial charge on any atom is 0.0901 e. The maximum absolute atomic E-state index is 8.08. The van der Waals surface area contributed by atoms with Gasteiger partial charge in [-0.15, -0.1) is 0 Å². The third kappa shape index (κ3) is 10.3. The monoisotopic (exact) mass is 756 g/mol. The average molecular weight is 758 g/mol. The van der Waals surface area contributed by atoms with E-state index in [-0.39, 0.29) is 0 Å². The molecule has 1 aromatic heterocycles. The van der Waals surface area contributed by atoms with Crippen LogP contribution in [-0.2, 0) is 6.54 Å². The first-order chi connectivity index (χ1) is 25.9. The Morgan fingerprint density at radius 1 is 0.906 bits per heavy atom. The number of dihydropyridines is 2. The molecule has 0 radical (unpaired) electrons. The smallest absolute Gasteiger partial charge is 0.0901 e. The molecular weight excluding hydrogens is 707 g/mol. The van der Waals surface area contributed by atoms with Crippen LogP contribution in [0.15, 0.2) is 112 Å². The Morgan fingerprint density at radius 2 is 1.57 bits per heavy atom. The normalized spacial score (nSPS) is 21.3. The van der Waals surface area contributed by atoms with Gasteiger partial charge in [-0.05, 0) is 60.9 Å². The van der Waals surface area contributed by atoms with Crippen LogP contribution in [0, 0.1) is 5.41 Å². The summed E-state index contributed by atoms with van der Waals surface area (Å²) in [6.45, 7) is 14.2. The molecule has 1 aromatic carbocycles. The van der Waals surface area contributed by atoms with E-state index in [0.29, 0.717) is 40.6 Å². The van der Waals surface area contributed by atoms with Crippen molar-refractivity contribution in [3.63, 3.8) is 0 Å². The first-order valence-corrected chi connectivity index (χ1v) is 19.1. The number of rotatable bonds is 10. The van der Waals surface area contributed by atoms with Gasteiger partial charge in [-0.2, -0.15) is 0 Å². The average Bonchev–Trinajstić information content (AvgIpc) is 3.18. The first kappa shape index (κ1) is 38.1. The highest BCUT2D eigenvalue weighted by Crippen LogP contribution is 2.24.